The van der Waals surface area contributed by atoms with Gasteiger partial charge >= 0.3 is 0 Å². The summed E-state index contributed by atoms with van der Waals surface area (Å²) in [5.41, 5.74) is 2.01. The highest BCUT2D eigenvalue weighted by atomic mass is 16.5. The fourth-order valence-electron chi connectivity index (χ4n) is 4.51. The molecule has 1 aromatic rings. The summed E-state index contributed by atoms with van der Waals surface area (Å²) in [6.45, 7) is 2.90. The molecule has 2 aliphatic carbocycles. The lowest BCUT2D eigenvalue weighted by molar-refractivity contribution is 0.194. The summed E-state index contributed by atoms with van der Waals surface area (Å²) < 4.78 is 5.43. The first kappa shape index (κ1) is 14.7. The number of ether oxygens (including phenoxy) is 1. The highest BCUT2D eigenvalue weighted by Gasteiger charge is 2.39. The zero-order chi connectivity index (χ0) is 15.0. The van der Waals surface area contributed by atoms with Gasteiger partial charge in [0.15, 0.2) is 0 Å². The second-order valence-electron chi connectivity index (χ2n) is 6.88. The van der Waals surface area contributed by atoms with E-state index in [9.17, 15) is 5.11 Å². The van der Waals surface area contributed by atoms with Gasteiger partial charge in [0.2, 0.25) is 0 Å². The average Bonchev–Trinajstić information content (AvgIpc) is 3.08. The molecule has 2 bridgehead atoms. The Morgan fingerprint density at radius 3 is 2.71 bits per heavy atom. The number of aliphatic hydroxyl groups excluding tert-OH is 1. The van der Waals surface area contributed by atoms with E-state index in [0.717, 1.165) is 41.3 Å². The minimum Gasteiger partial charge on any atom is -0.496 e. The first-order chi connectivity index (χ1) is 10.1. The largest absolute Gasteiger partial charge is 0.496 e. The molecule has 21 heavy (non-hydrogen) atoms. The molecule has 0 amide bonds. The second kappa shape index (κ2) is 5.88. The quantitative estimate of drug-likeness (QED) is 0.898. The topological polar surface area (TPSA) is 32.7 Å². The van der Waals surface area contributed by atoms with Gasteiger partial charge in [-0.2, -0.15) is 0 Å². The molecule has 2 aliphatic rings. The van der Waals surface area contributed by atoms with E-state index < -0.39 is 6.10 Å². The van der Waals surface area contributed by atoms with Crippen molar-refractivity contribution in [3.05, 3.63) is 23.8 Å². The third-order valence-corrected chi connectivity index (χ3v) is 5.48. The van der Waals surface area contributed by atoms with Crippen LogP contribution < -0.4 is 9.64 Å². The van der Waals surface area contributed by atoms with Crippen molar-refractivity contribution < 1.29 is 9.84 Å². The van der Waals surface area contributed by atoms with Crippen molar-refractivity contribution in [1.82, 2.24) is 0 Å². The fourth-order valence-corrected chi connectivity index (χ4v) is 4.51. The van der Waals surface area contributed by atoms with Crippen molar-refractivity contribution in [2.45, 2.75) is 38.7 Å². The van der Waals surface area contributed by atoms with Gasteiger partial charge in [0.25, 0.3) is 0 Å². The van der Waals surface area contributed by atoms with Crippen molar-refractivity contribution in [1.29, 1.82) is 0 Å². The van der Waals surface area contributed by atoms with Crippen LogP contribution in [0, 0.1) is 17.8 Å². The normalized spacial score (nSPS) is 28.7. The number of nitrogens with zero attached hydrogens (tertiary/aromatic N) is 1. The van der Waals surface area contributed by atoms with Gasteiger partial charge in [-0.15, -0.1) is 0 Å². The van der Waals surface area contributed by atoms with Gasteiger partial charge in [-0.25, -0.2) is 0 Å². The second-order valence-corrected chi connectivity index (χ2v) is 6.88. The predicted octanol–water partition coefficient (Wildman–Crippen LogP) is 3.62. The molecule has 0 aliphatic heterocycles. The van der Waals surface area contributed by atoms with Gasteiger partial charge in [0.1, 0.15) is 5.75 Å². The third-order valence-electron chi connectivity index (χ3n) is 5.48. The molecule has 0 heterocycles. The number of aliphatic hydroxyl groups is 1. The van der Waals surface area contributed by atoms with Crippen molar-refractivity contribution in [3.8, 4) is 5.75 Å². The van der Waals surface area contributed by atoms with Gasteiger partial charge in [0, 0.05) is 24.8 Å². The molecule has 2 fully saturated rings. The molecule has 4 atom stereocenters. The maximum absolute atomic E-state index is 10.1. The van der Waals surface area contributed by atoms with Crippen LogP contribution in [0.15, 0.2) is 18.2 Å². The van der Waals surface area contributed by atoms with Gasteiger partial charge in [-0.1, -0.05) is 12.5 Å². The fraction of sp³-hybridized carbons (Fsp3) is 0.667. The number of benzene rings is 1. The number of fused-ring (bicyclic) bond motifs is 2. The molecule has 4 unspecified atom stereocenters. The Morgan fingerprint density at radius 2 is 2.14 bits per heavy atom. The van der Waals surface area contributed by atoms with Crippen molar-refractivity contribution in [3.63, 3.8) is 0 Å². The van der Waals surface area contributed by atoms with E-state index in [1.54, 1.807) is 7.11 Å². The lowest BCUT2D eigenvalue weighted by Crippen LogP contribution is -2.29. The molecule has 2 saturated carbocycles. The van der Waals surface area contributed by atoms with Crippen LogP contribution in [0.2, 0.25) is 0 Å². The SMILES string of the molecule is COc1cccc(N(C)CC2CC3CCC2C3)c1C(C)O. The Kier molecular flexibility index (Phi) is 4.12. The number of methoxy groups -OCH3 is 1. The lowest BCUT2D eigenvalue weighted by atomic mass is 9.88. The summed E-state index contributed by atoms with van der Waals surface area (Å²) in [5.74, 6) is 3.51. The highest BCUT2D eigenvalue weighted by Crippen LogP contribution is 2.49. The van der Waals surface area contributed by atoms with E-state index in [1.807, 2.05) is 19.1 Å². The summed E-state index contributed by atoms with van der Waals surface area (Å²) in [7, 11) is 3.81. The zero-order valence-electron chi connectivity index (χ0n) is 13.4. The molecule has 0 spiro atoms. The van der Waals surface area contributed by atoms with E-state index >= 15 is 0 Å². The summed E-state index contributed by atoms with van der Waals surface area (Å²) >= 11 is 0. The maximum Gasteiger partial charge on any atom is 0.126 e. The van der Waals surface area contributed by atoms with Gasteiger partial charge in [0.05, 0.1) is 13.2 Å². The van der Waals surface area contributed by atoms with E-state index in [0.29, 0.717) is 0 Å². The van der Waals surface area contributed by atoms with Crippen LogP contribution in [0.25, 0.3) is 0 Å². The summed E-state index contributed by atoms with van der Waals surface area (Å²) in [4.78, 5) is 2.32. The molecular formula is C18H27NO2. The molecule has 1 aromatic carbocycles. The van der Waals surface area contributed by atoms with Crippen LogP contribution in [0.5, 0.6) is 5.75 Å². The van der Waals surface area contributed by atoms with E-state index in [4.69, 9.17) is 4.74 Å². The Bertz CT molecular complexity index is 500. The highest BCUT2D eigenvalue weighted by molar-refractivity contribution is 5.60. The third kappa shape index (κ3) is 2.76. The Labute approximate surface area is 127 Å². The summed E-state index contributed by atoms with van der Waals surface area (Å²) in [5, 5.41) is 10.1. The van der Waals surface area contributed by atoms with E-state index in [-0.39, 0.29) is 0 Å². The van der Waals surface area contributed by atoms with Crippen LogP contribution in [0.3, 0.4) is 0 Å². The van der Waals surface area contributed by atoms with Crippen LogP contribution in [0.4, 0.5) is 5.69 Å². The van der Waals surface area contributed by atoms with Gasteiger partial charge < -0.3 is 14.7 Å². The molecule has 3 heteroatoms. The number of hydrogen-bond donors (Lipinski definition) is 1. The monoisotopic (exact) mass is 289 g/mol. The van der Waals surface area contributed by atoms with Gasteiger partial charge in [-0.3, -0.25) is 0 Å². The van der Waals surface area contributed by atoms with E-state index in [1.165, 1.54) is 25.7 Å². The molecular weight excluding hydrogens is 262 g/mol. The van der Waals surface area contributed by atoms with Crippen molar-refractivity contribution in [2.75, 3.05) is 25.6 Å². The molecule has 3 nitrogen and oxygen atoms in total. The summed E-state index contributed by atoms with van der Waals surface area (Å²) in [6.07, 6.45) is 5.19. The standard InChI is InChI=1S/C18H27NO2/c1-12(20)18-16(5-4-6-17(18)21-3)19(2)11-15-10-13-7-8-14(15)9-13/h4-6,12-15,20H,7-11H2,1-3H3. The lowest BCUT2D eigenvalue weighted by Gasteiger charge is -2.31. The van der Waals surface area contributed by atoms with Crippen LogP contribution in [0.1, 0.15) is 44.3 Å². The molecule has 116 valence electrons. The zero-order valence-corrected chi connectivity index (χ0v) is 13.4. The first-order valence-electron chi connectivity index (χ1n) is 8.16. The molecule has 3 rings (SSSR count). The summed E-state index contributed by atoms with van der Waals surface area (Å²) in [6, 6.07) is 6.03. The van der Waals surface area contributed by atoms with Crippen LogP contribution >= 0.6 is 0 Å². The average molecular weight is 289 g/mol. The molecule has 0 saturated heterocycles. The smallest absolute Gasteiger partial charge is 0.126 e. The van der Waals surface area contributed by atoms with Crippen LogP contribution in [-0.4, -0.2) is 25.8 Å². The van der Waals surface area contributed by atoms with Gasteiger partial charge in [-0.05, 0) is 56.1 Å². The van der Waals surface area contributed by atoms with Crippen molar-refractivity contribution in [2.24, 2.45) is 17.8 Å². The Hall–Kier alpha value is -1.22. The molecule has 1 N–H and O–H groups in total. The van der Waals surface area contributed by atoms with Crippen LogP contribution in [-0.2, 0) is 0 Å². The first-order valence-corrected chi connectivity index (χ1v) is 8.16. The molecule has 0 aromatic heterocycles. The number of hydrogen-bond acceptors (Lipinski definition) is 3. The number of rotatable bonds is 5. The number of anilines is 1. The maximum atomic E-state index is 10.1. The Morgan fingerprint density at radius 1 is 1.33 bits per heavy atom. The minimum absolute atomic E-state index is 0.515. The Balaban J connectivity index is 1.79. The predicted molar refractivity (Wildman–Crippen MR) is 85.8 cm³/mol. The van der Waals surface area contributed by atoms with Crippen molar-refractivity contribution >= 4 is 5.69 Å². The molecule has 0 radical (unpaired) electrons. The van der Waals surface area contributed by atoms with E-state index in [2.05, 4.69) is 18.0 Å². The minimum atomic E-state index is -0.515.